The van der Waals surface area contributed by atoms with Gasteiger partial charge in [0.1, 0.15) is 10.7 Å². The van der Waals surface area contributed by atoms with Crippen LogP contribution in [0.1, 0.15) is 13.8 Å². The number of allylic oxidation sites excluding steroid dienone is 4. The summed E-state index contributed by atoms with van der Waals surface area (Å²) in [5, 5.41) is 0. The highest BCUT2D eigenvalue weighted by Gasteiger charge is 2.33. The first-order chi connectivity index (χ1) is 14.1. The number of nitrogens with zero attached hydrogens (tertiary/aromatic N) is 1. The number of methoxy groups -OCH3 is 1. The number of ketones is 1. The molecular formula is C21H19NO6S2. The second-order valence-electron chi connectivity index (χ2n) is 6.55. The summed E-state index contributed by atoms with van der Waals surface area (Å²) >= 11 is 0. The Morgan fingerprint density at radius 2 is 1.43 bits per heavy atom. The monoisotopic (exact) mass is 445 g/mol. The molecule has 7 nitrogen and oxygen atoms in total. The minimum absolute atomic E-state index is 0.0130. The third-order valence-corrected chi connectivity index (χ3v) is 7.76. The molecule has 0 unspecified atom stereocenters. The van der Waals surface area contributed by atoms with Crippen molar-refractivity contribution in [2.75, 3.05) is 7.11 Å². The normalized spacial score (nSPS) is 16.6. The fraction of sp³-hybridized carbons (Fsp3) is 0.143. The van der Waals surface area contributed by atoms with Crippen LogP contribution in [-0.4, -0.2) is 35.4 Å². The molecule has 0 fully saturated rings. The van der Waals surface area contributed by atoms with Gasteiger partial charge in [-0.1, -0.05) is 18.2 Å². The number of carbonyl (C=O) groups is 1. The third kappa shape index (κ3) is 3.99. The topological polar surface area (TPSA) is 107 Å². The van der Waals surface area contributed by atoms with E-state index in [9.17, 15) is 21.6 Å². The predicted molar refractivity (Wildman–Crippen MR) is 113 cm³/mol. The van der Waals surface area contributed by atoms with Gasteiger partial charge in [0.2, 0.25) is 9.84 Å². The van der Waals surface area contributed by atoms with E-state index in [0.717, 1.165) is 6.08 Å². The fourth-order valence-corrected chi connectivity index (χ4v) is 5.71. The average molecular weight is 446 g/mol. The van der Waals surface area contributed by atoms with Crippen molar-refractivity contribution < 1.29 is 26.4 Å². The lowest BCUT2D eigenvalue weighted by molar-refractivity contribution is -0.110. The van der Waals surface area contributed by atoms with Crippen molar-refractivity contribution in [2.24, 2.45) is 4.40 Å². The molecule has 0 heterocycles. The van der Waals surface area contributed by atoms with E-state index >= 15 is 0 Å². The lowest BCUT2D eigenvalue weighted by Gasteiger charge is -2.18. The fourth-order valence-electron chi connectivity index (χ4n) is 3.03. The van der Waals surface area contributed by atoms with Gasteiger partial charge in [-0.3, -0.25) is 4.79 Å². The SMILES string of the molecule is COc1ccc(S(=O)(=O)/N=C2/C(C)=CC(=O)C(S(=O)(=O)c3ccccc3)=C2C)cc1. The van der Waals surface area contributed by atoms with E-state index < -0.39 is 30.5 Å². The van der Waals surface area contributed by atoms with Crippen LogP contribution in [0.25, 0.3) is 0 Å². The molecule has 1 aliphatic rings. The number of hydrogen-bond donors (Lipinski definition) is 0. The maximum Gasteiger partial charge on any atom is 0.282 e. The highest BCUT2D eigenvalue weighted by molar-refractivity contribution is 7.96. The molecule has 0 radical (unpaired) electrons. The Bertz CT molecular complexity index is 1300. The average Bonchev–Trinajstić information content (AvgIpc) is 2.71. The van der Waals surface area contributed by atoms with E-state index in [2.05, 4.69) is 4.40 Å². The molecule has 1 aliphatic carbocycles. The number of sulfonamides is 1. The van der Waals surface area contributed by atoms with E-state index in [1.54, 1.807) is 18.2 Å². The lowest BCUT2D eigenvalue weighted by atomic mass is 9.97. The van der Waals surface area contributed by atoms with Gasteiger partial charge < -0.3 is 4.74 Å². The van der Waals surface area contributed by atoms with Crippen LogP contribution in [0.2, 0.25) is 0 Å². The van der Waals surface area contributed by atoms with E-state index in [4.69, 9.17) is 4.74 Å². The minimum atomic E-state index is -4.15. The summed E-state index contributed by atoms with van der Waals surface area (Å²) in [5.74, 6) is -0.233. The molecule has 0 N–H and O–H groups in total. The Balaban J connectivity index is 2.16. The summed E-state index contributed by atoms with van der Waals surface area (Å²) < 4.78 is 60.5. The van der Waals surface area contributed by atoms with Crippen molar-refractivity contribution in [3.8, 4) is 5.75 Å². The summed E-state index contributed by atoms with van der Waals surface area (Å²) in [6.07, 6.45) is 1.09. The zero-order valence-corrected chi connectivity index (χ0v) is 18.1. The second-order valence-corrected chi connectivity index (χ2v) is 10.0. The molecule has 0 aromatic heterocycles. The van der Waals surface area contributed by atoms with Gasteiger partial charge in [-0.15, -0.1) is 0 Å². The summed E-state index contributed by atoms with van der Waals surface area (Å²) in [7, 11) is -6.85. The number of benzene rings is 2. The van der Waals surface area contributed by atoms with Gasteiger partial charge in [-0.05, 0) is 67.5 Å². The highest BCUT2D eigenvalue weighted by atomic mass is 32.2. The van der Waals surface area contributed by atoms with Crippen LogP contribution in [0.5, 0.6) is 5.75 Å². The van der Waals surface area contributed by atoms with E-state index in [1.165, 1.54) is 57.4 Å². The molecule has 2 aromatic rings. The number of sulfone groups is 1. The van der Waals surface area contributed by atoms with Crippen LogP contribution < -0.4 is 4.74 Å². The Morgan fingerprint density at radius 3 is 2.00 bits per heavy atom. The first-order valence-electron chi connectivity index (χ1n) is 8.81. The Hall–Kier alpha value is -3.04. The molecule has 0 saturated carbocycles. The number of carbonyl (C=O) groups excluding carboxylic acids is 1. The van der Waals surface area contributed by atoms with Gasteiger partial charge in [0.15, 0.2) is 5.78 Å². The van der Waals surface area contributed by atoms with Gasteiger partial charge in [-0.2, -0.15) is 12.8 Å². The van der Waals surface area contributed by atoms with E-state index in [1.807, 2.05) is 0 Å². The molecule has 0 atom stereocenters. The van der Waals surface area contributed by atoms with Gasteiger partial charge in [0, 0.05) is 0 Å². The molecule has 0 saturated heterocycles. The van der Waals surface area contributed by atoms with Gasteiger partial charge in [-0.25, -0.2) is 8.42 Å². The van der Waals surface area contributed by atoms with Crippen LogP contribution in [0.4, 0.5) is 0 Å². The van der Waals surface area contributed by atoms with Gasteiger partial charge >= 0.3 is 0 Å². The highest BCUT2D eigenvalue weighted by Crippen LogP contribution is 2.30. The smallest absolute Gasteiger partial charge is 0.282 e. The zero-order valence-electron chi connectivity index (χ0n) is 16.5. The summed E-state index contributed by atoms with van der Waals surface area (Å²) in [6, 6.07) is 13.1. The van der Waals surface area contributed by atoms with E-state index in [0.29, 0.717) is 5.75 Å². The number of hydrogen-bond acceptors (Lipinski definition) is 6. The van der Waals surface area contributed by atoms with Crippen molar-refractivity contribution in [3.63, 3.8) is 0 Å². The predicted octanol–water partition coefficient (Wildman–Crippen LogP) is 3.10. The van der Waals surface area contributed by atoms with Crippen molar-refractivity contribution in [1.82, 2.24) is 0 Å². The summed E-state index contributed by atoms with van der Waals surface area (Å²) in [6.45, 7) is 2.89. The zero-order chi connectivity index (χ0) is 22.1. The van der Waals surface area contributed by atoms with Crippen molar-refractivity contribution in [3.05, 3.63) is 76.7 Å². The first-order valence-corrected chi connectivity index (χ1v) is 11.7. The quantitative estimate of drug-likeness (QED) is 0.655. The number of ether oxygens (including phenoxy) is 1. The van der Waals surface area contributed by atoms with Crippen molar-refractivity contribution in [1.29, 1.82) is 0 Å². The van der Waals surface area contributed by atoms with Crippen LogP contribution in [0, 0.1) is 0 Å². The molecule has 9 heteroatoms. The van der Waals surface area contributed by atoms with Crippen LogP contribution >= 0.6 is 0 Å². The largest absolute Gasteiger partial charge is 0.497 e. The number of rotatable bonds is 5. The summed E-state index contributed by atoms with van der Waals surface area (Å²) in [5.41, 5.74) is 0.183. The lowest BCUT2D eigenvalue weighted by Crippen LogP contribution is -2.23. The molecule has 2 aromatic carbocycles. The Morgan fingerprint density at radius 1 is 0.833 bits per heavy atom. The minimum Gasteiger partial charge on any atom is -0.497 e. The Labute approximate surface area is 175 Å². The molecule has 3 rings (SSSR count). The van der Waals surface area contributed by atoms with E-state index in [-0.39, 0.29) is 26.6 Å². The molecule has 0 bridgehead atoms. The first kappa shape index (κ1) is 21.7. The molecular weight excluding hydrogens is 426 g/mol. The van der Waals surface area contributed by atoms with Crippen LogP contribution in [0.15, 0.2) is 90.9 Å². The van der Waals surface area contributed by atoms with Gasteiger partial charge in [0.25, 0.3) is 10.0 Å². The van der Waals surface area contributed by atoms with Crippen molar-refractivity contribution in [2.45, 2.75) is 23.6 Å². The second kappa shape index (κ2) is 8.00. The molecule has 156 valence electrons. The summed E-state index contributed by atoms with van der Waals surface area (Å²) in [4.78, 5) is 11.9. The maximum atomic E-state index is 13.0. The Kier molecular flexibility index (Phi) is 5.78. The maximum absolute atomic E-state index is 13.0. The van der Waals surface area contributed by atoms with Crippen molar-refractivity contribution >= 4 is 31.4 Å². The molecule has 0 spiro atoms. The molecule has 0 aliphatic heterocycles. The van der Waals surface area contributed by atoms with Crippen LogP contribution in [-0.2, 0) is 24.7 Å². The third-order valence-electron chi connectivity index (χ3n) is 4.53. The van der Waals surface area contributed by atoms with Gasteiger partial charge in [0.05, 0.1) is 22.6 Å². The van der Waals surface area contributed by atoms with Crippen LogP contribution in [0.3, 0.4) is 0 Å². The molecule has 30 heavy (non-hydrogen) atoms. The standard InChI is InChI=1S/C21H19NO6S2/c1-14-13-19(23)21(29(24,25)17-7-5-4-6-8-17)15(2)20(14)22-30(26,27)18-11-9-16(28-3)10-12-18/h4-13H,1-3H3/b22-20-. The molecule has 0 amide bonds.